The van der Waals surface area contributed by atoms with Crippen LogP contribution in [0.3, 0.4) is 0 Å². The highest BCUT2D eigenvalue weighted by molar-refractivity contribution is 7.89. The Morgan fingerprint density at radius 2 is 1.79 bits per heavy atom. The number of unbranched alkanes of at least 4 members (excludes halogenated alkanes) is 1. The number of amides is 3. The van der Waals surface area contributed by atoms with Gasteiger partial charge in [0.05, 0.1) is 5.75 Å². The number of alkyl carbamates (subject to hydrolysis) is 1. The standard InChI is InChI=1S/C23H34N4O6S/c1-3-21(28)24-13-9-8-12-20(25-23(30)33-18-19-10-6-5-7-11-19)22(29)26-14-16-27(17-15-26)34(31,32)4-2/h3,5-7,10-11,20H,1,4,8-9,12-18H2,2H3,(H,24,28)(H,25,30). The number of piperazine rings is 1. The average Bonchev–Trinajstić information content (AvgIpc) is 2.86. The SMILES string of the molecule is C=CC(=O)NCCCCC(NC(=O)OCc1ccccc1)C(=O)N1CCN(S(=O)(=O)CC)CC1. The third-order valence-corrected chi connectivity index (χ3v) is 7.40. The summed E-state index contributed by atoms with van der Waals surface area (Å²) in [6.07, 6.45) is 2.05. The Labute approximate surface area is 201 Å². The zero-order valence-electron chi connectivity index (χ0n) is 19.6. The van der Waals surface area contributed by atoms with Gasteiger partial charge < -0.3 is 20.3 Å². The molecule has 0 aromatic heterocycles. The van der Waals surface area contributed by atoms with Gasteiger partial charge in [0.1, 0.15) is 12.6 Å². The molecule has 0 saturated carbocycles. The molecule has 2 rings (SSSR count). The molecule has 10 nitrogen and oxygen atoms in total. The molecule has 1 aliphatic heterocycles. The lowest BCUT2D eigenvalue weighted by Gasteiger charge is -2.35. The van der Waals surface area contributed by atoms with Crippen molar-refractivity contribution in [1.29, 1.82) is 0 Å². The number of sulfonamides is 1. The Hall–Kier alpha value is -2.92. The van der Waals surface area contributed by atoms with Gasteiger partial charge >= 0.3 is 6.09 Å². The number of carbonyl (C=O) groups excluding carboxylic acids is 3. The van der Waals surface area contributed by atoms with Crippen molar-refractivity contribution in [2.24, 2.45) is 0 Å². The van der Waals surface area contributed by atoms with Crippen LogP contribution in [0.1, 0.15) is 31.7 Å². The van der Waals surface area contributed by atoms with E-state index < -0.39 is 22.2 Å². The smallest absolute Gasteiger partial charge is 0.408 e. The number of ether oxygens (including phenoxy) is 1. The van der Waals surface area contributed by atoms with Gasteiger partial charge in [-0.25, -0.2) is 13.2 Å². The molecule has 1 aliphatic rings. The van der Waals surface area contributed by atoms with Crippen LogP contribution >= 0.6 is 0 Å². The van der Waals surface area contributed by atoms with Gasteiger partial charge in [0.25, 0.3) is 0 Å². The van der Waals surface area contributed by atoms with Crippen LogP contribution in [-0.2, 0) is 31.0 Å². The van der Waals surface area contributed by atoms with Crippen molar-refractivity contribution < 1.29 is 27.5 Å². The maximum atomic E-state index is 13.2. The van der Waals surface area contributed by atoms with E-state index in [9.17, 15) is 22.8 Å². The van der Waals surface area contributed by atoms with Crippen molar-refractivity contribution in [3.8, 4) is 0 Å². The van der Waals surface area contributed by atoms with Crippen LogP contribution in [-0.4, -0.2) is 80.0 Å². The first-order chi connectivity index (χ1) is 16.3. The number of rotatable bonds is 12. The number of carbonyl (C=O) groups is 3. The summed E-state index contributed by atoms with van der Waals surface area (Å²) >= 11 is 0. The molecule has 0 bridgehead atoms. The van der Waals surface area contributed by atoms with Crippen LogP contribution in [0.25, 0.3) is 0 Å². The number of nitrogens with one attached hydrogen (secondary N) is 2. The number of hydrogen-bond acceptors (Lipinski definition) is 6. The first-order valence-corrected chi connectivity index (χ1v) is 13.0. The summed E-state index contributed by atoms with van der Waals surface area (Å²) in [5.74, 6) is -0.531. The van der Waals surface area contributed by atoms with Gasteiger partial charge in [-0.15, -0.1) is 0 Å². The van der Waals surface area contributed by atoms with Crippen molar-refractivity contribution in [2.45, 2.75) is 38.8 Å². The van der Waals surface area contributed by atoms with Crippen molar-refractivity contribution in [1.82, 2.24) is 19.8 Å². The summed E-state index contributed by atoms with van der Waals surface area (Å²) < 4.78 is 30.8. The van der Waals surface area contributed by atoms with Crippen LogP contribution in [0.4, 0.5) is 4.79 Å². The molecule has 0 radical (unpaired) electrons. The van der Waals surface area contributed by atoms with Crippen LogP contribution in [0.2, 0.25) is 0 Å². The molecule has 1 atom stereocenters. The molecule has 0 spiro atoms. The van der Waals surface area contributed by atoms with Crippen LogP contribution < -0.4 is 10.6 Å². The maximum absolute atomic E-state index is 13.2. The Kier molecular flexibility index (Phi) is 11.0. The van der Waals surface area contributed by atoms with Crippen molar-refractivity contribution in [3.05, 3.63) is 48.6 Å². The van der Waals surface area contributed by atoms with Gasteiger partial charge in [0.15, 0.2) is 0 Å². The number of hydrogen-bond donors (Lipinski definition) is 2. The van der Waals surface area contributed by atoms with E-state index in [0.717, 1.165) is 5.56 Å². The summed E-state index contributed by atoms with van der Waals surface area (Å²) in [5, 5.41) is 5.34. The molecular formula is C23H34N4O6S. The molecule has 3 amide bonds. The minimum absolute atomic E-state index is 0.0147. The molecule has 1 saturated heterocycles. The van der Waals surface area contributed by atoms with E-state index in [4.69, 9.17) is 4.74 Å². The summed E-state index contributed by atoms with van der Waals surface area (Å²) in [6.45, 7) is 6.45. The molecular weight excluding hydrogens is 460 g/mol. The fourth-order valence-corrected chi connectivity index (χ4v) is 4.60. The topological polar surface area (TPSA) is 125 Å². The number of benzene rings is 1. The minimum Gasteiger partial charge on any atom is -0.445 e. The Bertz CT molecular complexity index is 930. The fraction of sp³-hybridized carbons (Fsp3) is 0.522. The molecule has 1 heterocycles. The molecule has 2 N–H and O–H groups in total. The first kappa shape index (κ1) is 27.3. The van der Waals surface area contributed by atoms with Gasteiger partial charge in [-0.3, -0.25) is 9.59 Å². The average molecular weight is 495 g/mol. The van der Waals surface area contributed by atoms with E-state index >= 15 is 0 Å². The molecule has 1 unspecified atom stereocenters. The van der Waals surface area contributed by atoms with E-state index in [1.807, 2.05) is 30.3 Å². The van der Waals surface area contributed by atoms with Crippen LogP contribution in [0.5, 0.6) is 0 Å². The van der Waals surface area contributed by atoms with Gasteiger partial charge in [-0.2, -0.15) is 4.31 Å². The third-order valence-electron chi connectivity index (χ3n) is 5.52. The maximum Gasteiger partial charge on any atom is 0.408 e. The van der Waals surface area contributed by atoms with Gasteiger partial charge in [0, 0.05) is 32.7 Å². The van der Waals surface area contributed by atoms with E-state index in [2.05, 4.69) is 17.2 Å². The molecule has 188 valence electrons. The van der Waals surface area contributed by atoms with Crippen LogP contribution in [0, 0.1) is 0 Å². The minimum atomic E-state index is -3.31. The second-order valence-electron chi connectivity index (χ2n) is 7.87. The summed E-state index contributed by atoms with van der Waals surface area (Å²) in [6, 6.07) is 8.39. The third kappa shape index (κ3) is 8.79. The van der Waals surface area contributed by atoms with E-state index in [1.165, 1.54) is 10.4 Å². The second-order valence-corrected chi connectivity index (χ2v) is 10.1. The highest BCUT2D eigenvalue weighted by atomic mass is 32.2. The van der Waals surface area contributed by atoms with Crippen molar-refractivity contribution in [3.63, 3.8) is 0 Å². The molecule has 1 aromatic carbocycles. The van der Waals surface area contributed by atoms with Gasteiger partial charge in [-0.05, 0) is 37.8 Å². The monoisotopic (exact) mass is 494 g/mol. The fourth-order valence-electron chi connectivity index (χ4n) is 3.51. The Balaban J connectivity index is 1.93. The predicted molar refractivity (Wildman–Crippen MR) is 128 cm³/mol. The lowest BCUT2D eigenvalue weighted by Crippen LogP contribution is -2.56. The van der Waals surface area contributed by atoms with E-state index in [1.54, 1.807) is 11.8 Å². The molecule has 11 heteroatoms. The predicted octanol–water partition coefficient (Wildman–Crippen LogP) is 1.25. The lowest BCUT2D eigenvalue weighted by atomic mass is 10.1. The Morgan fingerprint density at radius 1 is 1.12 bits per heavy atom. The summed E-state index contributed by atoms with van der Waals surface area (Å²) in [5.41, 5.74) is 0.826. The quantitative estimate of drug-likeness (QED) is 0.333. The van der Waals surface area contributed by atoms with Gasteiger partial charge in [0.2, 0.25) is 21.8 Å². The van der Waals surface area contributed by atoms with E-state index in [-0.39, 0.29) is 50.4 Å². The summed E-state index contributed by atoms with van der Waals surface area (Å²) in [4.78, 5) is 38.4. The summed E-state index contributed by atoms with van der Waals surface area (Å²) in [7, 11) is -3.31. The number of nitrogens with zero attached hydrogens (tertiary/aromatic N) is 2. The molecule has 1 aromatic rings. The zero-order chi connectivity index (χ0) is 25.0. The second kappa shape index (κ2) is 13.7. The van der Waals surface area contributed by atoms with Crippen molar-refractivity contribution in [2.75, 3.05) is 38.5 Å². The highest BCUT2D eigenvalue weighted by Gasteiger charge is 2.31. The molecule has 0 aliphatic carbocycles. The van der Waals surface area contributed by atoms with Crippen LogP contribution in [0.15, 0.2) is 43.0 Å². The largest absolute Gasteiger partial charge is 0.445 e. The normalized spacial score (nSPS) is 15.3. The zero-order valence-corrected chi connectivity index (χ0v) is 20.4. The van der Waals surface area contributed by atoms with E-state index in [0.29, 0.717) is 25.8 Å². The Morgan fingerprint density at radius 3 is 2.41 bits per heavy atom. The lowest BCUT2D eigenvalue weighted by molar-refractivity contribution is -0.134. The first-order valence-electron chi connectivity index (χ1n) is 11.4. The van der Waals surface area contributed by atoms with Gasteiger partial charge in [-0.1, -0.05) is 36.9 Å². The molecule has 1 fully saturated rings. The highest BCUT2D eigenvalue weighted by Crippen LogP contribution is 2.12. The van der Waals surface area contributed by atoms with Crippen molar-refractivity contribution >= 4 is 27.9 Å². The molecule has 34 heavy (non-hydrogen) atoms.